The summed E-state index contributed by atoms with van der Waals surface area (Å²) in [5.74, 6) is -1.95. The average Bonchev–Trinajstić information content (AvgIpc) is 3.07. The molecule has 2 heterocycles. The molecule has 0 atom stereocenters. The van der Waals surface area contributed by atoms with Gasteiger partial charge in [-0.2, -0.15) is 0 Å². The summed E-state index contributed by atoms with van der Waals surface area (Å²) >= 11 is 12.2. The SMILES string of the molecule is CCCCC1(C)OC(=O)C(=Cc2ccc(-c3cccc(Cl)c3Cl)o2)C(=O)O1. The molecule has 3 rings (SSSR count). The average molecular weight is 409 g/mol. The summed E-state index contributed by atoms with van der Waals surface area (Å²) in [6.45, 7) is 3.59. The third-order valence-corrected chi connectivity index (χ3v) is 4.99. The zero-order chi connectivity index (χ0) is 19.6. The van der Waals surface area contributed by atoms with Crippen LogP contribution in [-0.2, 0) is 19.1 Å². The van der Waals surface area contributed by atoms with Gasteiger partial charge in [-0.1, -0.05) is 42.6 Å². The highest BCUT2D eigenvalue weighted by Crippen LogP contribution is 2.35. The van der Waals surface area contributed by atoms with E-state index in [1.54, 1.807) is 37.3 Å². The molecule has 0 unspecified atom stereocenters. The Hall–Kier alpha value is -2.24. The summed E-state index contributed by atoms with van der Waals surface area (Å²) in [5, 5.41) is 0.757. The van der Waals surface area contributed by atoms with E-state index in [0.717, 1.165) is 12.8 Å². The fraction of sp³-hybridized carbons (Fsp3) is 0.300. The highest BCUT2D eigenvalue weighted by Gasteiger charge is 2.42. The maximum absolute atomic E-state index is 12.3. The molecular weight excluding hydrogens is 391 g/mol. The number of carbonyl (C=O) groups excluding carboxylic acids is 2. The van der Waals surface area contributed by atoms with Crippen LogP contribution < -0.4 is 0 Å². The fourth-order valence-corrected chi connectivity index (χ4v) is 3.13. The van der Waals surface area contributed by atoms with Crippen molar-refractivity contribution in [1.29, 1.82) is 0 Å². The van der Waals surface area contributed by atoms with Gasteiger partial charge in [-0.05, 0) is 30.7 Å². The zero-order valence-corrected chi connectivity index (χ0v) is 16.4. The van der Waals surface area contributed by atoms with Gasteiger partial charge in [0.2, 0.25) is 0 Å². The summed E-state index contributed by atoms with van der Waals surface area (Å²) in [6, 6.07) is 8.46. The molecule has 7 heteroatoms. The Morgan fingerprint density at radius 1 is 1.07 bits per heavy atom. The summed E-state index contributed by atoms with van der Waals surface area (Å²) in [5.41, 5.74) is 0.386. The number of hydrogen-bond donors (Lipinski definition) is 0. The normalized spacial score (nSPS) is 19.6. The van der Waals surface area contributed by atoms with Crippen LogP contribution >= 0.6 is 23.2 Å². The molecule has 5 nitrogen and oxygen atoms in total. The highest BCUT2D eigenvalue weighted by molar-refractivity contribution is 6.43. The Morgan fingerprint density at radius 2 is 1.78 bits per heavy atom. The second-order valence-electron chi connectivity index (χ2n) is 6.38. The minimum atomic E-state index is -1.23. The van der Waals surface area contributed by atoms with Crippen LogP contribution in [0.4, 0.5) is 0 Å². The number of furan rings is 1. The van der Waals surface area contributed by atoms with Crippen LogP contribution in [0.3, 0.4) is 0 Å². The first kappa shape index (κ1) is 19.5. The van der Waals surface area contributed by atoms with Crippen LogP contribution in [0.25, 0.3) is 17.4 Å². The van der Waals surface area contributed by atoms with E-state index < -0.39 is 17.7 Å². The highest BCUT2D eigenvalue weighted by atomic mass is 35.5. The van der Waals surface area contributed by atoms with Crippen molar-refractivity contribution in [3.05, 3.63) is 51.7 Å². The second-order valence-corrected chi connectivity index (χ2v) is 7.16. The zero-order valence-electron chi connectivity index (χ0n) is 14.9. The molecule has 1 aliphatic heterocycles. The molecule has 0 amide bonds. The number of cyclic esters (lactones) is 2. The van der Waals surface area contributed by atoms with Gasteiger partial charge in [0.05, 0.1) is 10.0 Å². The molecule has 2 aromatic rings. The molecule has 1 aliphatic rings. The van der Waals surface area contributed by atoms with Crippen molar-refractivity contribution >= 4 is 41.2 Å². The lowest BCUT2D eigenvalue weighted by atomic mass is 10.1. The Labute approximate surface area is 166 Å². The number of unbranched alkanes of at least 4 members (excludes halogenated alkanes) is 1. The Bertz CT molecular complexity index is 893. The molecule has 0 N–H and O–H groups in total. The van der Waals surface area contributed by atoms with Crippen LogP contribution in [-0.4, -0.2) is 17.7 Å². The molecule has 27 heavy (non-hydrogen) atoms. The third kappa shape index (κ3) is 4.20. The molecule has 1 aromatic carbocycles. The number of halogens is 2. The lowest BCUT2D eigenvalue weighted by Gasteiger charge is -2.33. The van der Waals surface area contributed by atoms with Crippen molar-refractivity contribution in [3.63, 3.8) is 0 Å². The summed E-state index contributed by atoms with van der Waals surface area (Å²) < 4.78 is 16.3. The van der Waals surface area contributed by atoms with E-state index in [1.807, 2.05) is 6.92 Å². The van der Waals surface area contributed by atoms with E-state index in [1.165, 1.54) is 6.08 Å². The molecule has 0 bridgehead atoms. The van der Waals surface area contributed by atoms with E-state index in [-0.39, 0.29) is 5.57 Å². The molecule has 0 radical (unpaired) electrons. The number of carbonyl (C=O) groups is 2. The summed E-state index contributed by atoms with van der Waals surface area (Å²) in [4.78, 5) is 24.6. The predicted molar refractivity (Wildman–Crippen MR) is 102 cm³/mol. The standard InChI is InChI=1S/C20H18Cl2O5/c1-3-4-10-20(2)26-18(23)14(19(24)27-20)11-12-8-9-16(25-12)13-6-5-7-15(21)17(13)22/h5-9,11H,3-4,10H2,1-2H3. The van der Waals surface area contributed by atoms with Crippen LogP contribution in [0.1, 0.15) is 38.9 Å². The topological polar surface area (TPSA) is 65.7 Å². The first-order valence-electron chi connectivity index (χ1n) is 8.55. The van der Waals surface area contributed by atoms with Crippen LogP contribution in [0, 0.1) is 0 Å². The minimum absolute atomic E-state index is 0.220. The molecule has 0 saturated carbocycles. The van der Waals surface area contributed by atoms with Gasteiger partial charge in [-0.3, -0.25) is 0 Å². The Morgan fingerprint density at radius 3 is 2.44 bits per heavy atom. The van der Waals surface area contributed by atoms with Gasteiger partial charge in [-0.25, -0.2) is 9.59 Å². The van der Waals surface area contributed by atoms with E-state index in [4.69, 9.17) is 37.1 Å². The minimum Gasteiger partial charge on any atom is -0.457 e. The third-order valence-electron chi connectivity index (χ3n) is 4.17. The van der Waals surface area contributed by atoms with Crippen molar-refractivity contribution in [2.75, 3.05) is 0 Å². The van der Waals surface area contributed by atoms with Gasteiger partial charge in [0, 0.05) is 25.0 Å². The first-order valence-corrected chi connectivity index (χ1v) is 9.31. The van der Waals surface area contributed by atoms with Crippen molar-refractivity contribution in [2.24, 2.45) is 0 Å². The smallest absolute Gasteiger partial charge is 0.348 e. The summed E-state index contributed by atoms with van der Waals surface area (Å²) in [7, 11) is 0. The van der Waals surface area contributed by atoms with Gasteiger partial charge in [0.25, 0.3) is 5.79 Å². The monoisotopic (exact) mass is 408 g/mol. The van der Waals surface area contributed by atoms with Crippen molar-refractivity contribution in [1.82, 2.24) is 0 Å². The number of hydrogen-bond acceptors (Lipinski definition) is 5. The van der Waals surface area contributed by atoms with Crippen molar-refractivity contribution in [3.8, 4) is 11.3 Å². The quantitative estimate of drug-likeness (QED) is 0.363. The number of rotatable bonds is 5. The first-order chi connectivity index (χ1) is 12.8. The van der Waals surface area contributed by atoms with Crippen molar-refractivity contribution in [2.45, 2.75) is 38.9 Å². The molecular formula is C20H18Cl2O5. The Kier molecular flexibility index (Phi) is 5.63. The molecule has 1 aromatic heterocycles. The fourth-order valence-electron chi connectivity index (χ4n) is 2.74. The largest absolute Gasteiger partial charge is 0.457 e. The van der Waals surface area contributed by atoms with Crippen LogP contribution in [0.5, 0.6) is 0 Å². The number of esters is 2. The van der Waals surface area contributed by atoms with E-state index >= 15 is 0 Å². The molecule has 1 fully saturated rings. The number of ether oxygens (including phenoxy) is 2. The van der Waals surface area contributed by atoms with E-state index in [9.17, 15) is 9.59 Å². The lowest BCUT2D eigenvalue weighted by molar-refractivity contribution is -0.230. The van der Waals surface area contributed by atoms with Crippen molar-refractivity contribution < 1.29 is 23.5 Å². The van der Waals surface area contributed by atoms with E-state index in [2.05, 4.69) is 0 Å². The molecule has 142 valence electrons. The molecule has 0 aliphatic carbocycles. The van der Waals surface area contributed by atoms with Gasteiger partial charge < -0.3 is 13.9 Å². The van der Waals surface area contributed by atoms with Crippen LogP contribution in [0.15, 0.2) is 40.3 Å². The van der Waals surface area contributed by atoms with Gasteiger partial charge >= 0.3 is 11.9 Å². The lowest BCUT2D eigenvalue weighted by Crippen LogP contribution is -2.44. The van der Waals surface area contributed by atoms with Gasteiger partial charge in [-0.15, -0.1) is 0 Å². The molecule has 0 spiro atoms. The predicted octanol–water partition coefficient (Wildman–Crippen LogP) is 5.64. The van der Waals surface area contributed by atoms with Gasteiger partial charge in [0.15, 0.2) is 0 Å². The second kappa shape index (κ2) is 7.79. The van der Waals surface area contributed by atoms with Crippen LogP contribution in [0.2, 0.25) is 10.0 Å². The maximum Gasteiger partial charge on any atom is 0.348 e. The Balaban J connectivity index is 1.84. The molecule has 1 saturated heterocycles. The summed E-state index contributed by atoms with van der Waals surface area (Å²) in [6.07, 6.45) is 3.42. The van der Waals surface area contributed by atoms with E-state index in [0.29, 0.717) is 33.6 Å². The number of benzene rings is 1. The van der Waals surface area contributed by atoms with Gasteiger partial charge in [0.1, 0.15) is 17.1 Å². The maximum atomic E-state index is 12.3.